The van der Waals surface area contributed by atoms with E-state index in [4.69, 9.17) is 14.2 Å². The Hall–Kier alpha value is -3.46. The van der Waals surface area contributed by atoms with Crippen LogP contribution in [0.1, 0.15) is 22.8 Å². The van der Waals surface area contributed by atoms with Gasteiger partial charge in [0.25, 0.3) is 5.91 Å². The van der Waals surface area contributed by atoms with E-state index in [1.165, 1.54) is 18.4 Å². The molecule has 162 valence electrons. The molecule has 0 aliphatic rings. The molecule has 3 aromatic rings. The van der Waals surface area contributed by atoms with Gasteiger partial charge in [-0.15, -0.1) is 0 Å². The summed E-state index contributed by atoms with van der Waals surface area (Å²) in [5.41, 5.74) is 1.83. The van der Waals surface area contributed by atoms with Crippen LogP contribution in [0.5, 0.6) is 5.75 Å². The molecular weight excluding hydrogens is 420 g/mol. The molecule has 0 saturated heterocycles. The zero-order valence-electron chi connectivity index (χ0n) is 17.4. The van der Waals surface area contributed by atoms with Crippen LogP contribution in [0.4, 0.5) is 0 Å². The van der Waals surface area contributed by atoms with Crippen molar-refractivity contribution in [1.29, 1.82) is 0 Å². The predicted molar refractivity (Wildman–Crippen MR) is 115 cm³/mol. The average Bonchev–Trinajstić information content (AvgIpc) is 3.09. The molecule has 9 heteroatoms. The molecule has 31 heavy (non-hydrogen) atoms. The molecule has 0 N–H and O–H groups in total. The highest BCUT2D eigenvalue weighted by molar-refractivity contribution is 7.16. The lowest BCUT2D eigenvalue weighted by Gasteiger charge is -2.06. The Balaban J connectivity index is 1.99. The second-order valence-corrected chi connectivity index (χ2v) is 7.49. The summed E-state index contributed by atoms with van der Waals surface area (Å²) in [5.74, 6) is -0.571. The molecule has 8 nitrogen and oxygen atoms in total. The summed E-state index contributed by atoms with van der Waals surface area (Å²) in [6.45, 7) is 1.87. The summed E-state index contributed by atoms with van der Waals surface area (Å²) in [7, 11) is 2.88. The van der Waals surface area contributed by atoms with Gasteiger partial charge in [-0.05, 0) is 42.8 Å². The summed E-state index contributed by atoms with van der Waals surface area (Å²) in [6.07, 6.45) is 0.102. The lowest BCUT2D eigenvalue weighted by molar-refractivity contribution is -0.143. The molecule has 3 rings (SSSR count). The van der Waals surface area contributed by atoms with Crippen LogP contribution in [-0.2, 0) is 32.0 Å². The van der Waals surface area contributed by atoms with E-state index in [9.17, 15) is 14.4 Å². The van der Waals surface area contributed by atoms with Crippen molar-refractivity contribution >= 4 is 39.4 Å². The van der Waals surface area contributed by atoms with Crippen molar-refractivity contribution in [2.45, 2.75) is 19.9 Å². The van der Waals surface area contributed by atoms with E-state index in [1.54, 1.807) is 61.1 Å². The zero-order valence-corrected chi connectivity index (χ0v) is 18.2. The monoisotopic (exact) mass is 442 g/mol. The van der Waals surface area contributed by atoms with Crippen molar-refractivity contribution in [3.63, 3.8) is 0 Å². The number of amides is 1. The SMILES string of the molecule is CCOC(=O)Cn1c(=NC(=O)Cc2ccc(OC)cc2)sc2cc(C(=O)OC)ccc21. The number of aromatic nitrogens is 1. The van der Waals surface area contributed by atoms with Gasteiger partial charge in [0.05, 0.1) is 43.0 Å². The van der Waals surface area contributed by atoms with E-state index in [0.717, 1.165) is 5.56 Å². The maximum atomic E-state index is 12.6. The van der Waals surface area contributed by atoms with Crippen LogP contribution in [0.15, 0.2) is 47.5 Å². The Morgan fingerprint density at radius 2 is 1.81 bits per heavy atom. The zero-order chi connectivity index (χ0) is 22.4. The number of nitrogens with zero attached hydrogens (tertiary/aromatic N) is 2. The average molecular weight is 442 g/mol. The maximum absolute atomic E-state index is 12.6. The summed E-state index contributed by atoms with van der Waals surface area (Å²) in [4.78, 5) is 41.2. The Kier molecular flexibility index (Phi) is 7.19. The molecule has 0 unspecified atom stereocenters. The molecule has 0 saturated carbocycles. The van der Waals surface area contributed by atoms with Crippen molar-refractivity contribution in [2.75, 3.05) is 20.8 Å². The van der Waals surface area contributed by atoms with Crippen LogP contribution in [0.25, 0.3) is 10.2 Å². The number of fused-ring (bicyclic) bond motifs is 1. The van der Waals surface area contributed by atoms with Crippen molar-refractivity contribution < 1.29 is 28.6 Å². The second-order valence-electron chi connectivity index (χ2n) is 6.48. The number of thiazole rings is 1. The minimum atomic E-state index is -0.471. The normalized spacial score (nSPS) is 11.4. The fraction of sp³-hybridized carbons (Fsp3) is 0.273. The molecule has 0 bridgehead atoms. The number of esters is 2. The number of hydrogen-bond acceptors (Lipinski definition) is 7. The molecule has 0 aliphatic heterocycles. The number of carbonyl (C=O) groups is 3. The highest BCUT2D eigenvalue weighted by Crippen LogP contribution is 2.20. The van der Waals surface area contributed by atoms with Crippen LogP contribution >= 0.6 is 11.3 Å². The first kappa shape index (κ1) is 22.2. The number of methoxy groups -OCH3 is 2. The van der Waals surface area contributed by atoms with Gasteiger partial charge < -0.3 is 18.8 Å². The quantitative estimate of drug-likeness (QED) is 0.522. The Morgan fingerprint density at radius 3 is 2.45 bits per heavy atom. The van der Waals surface area contributed by atoms with Crippen molar-refractivity contribution in [2.24, 2.45) is 4.99 Å². The first-order valence-corrected chi connectivity index (χ1v) is 10.3. The van der Waals surface area contributed by atoms with Gasteiger partial charge in [-0.25, -0.2) is 4.79 Å². The molecule has 1 amide bonds. The van der Waals surface area contributed by atoms with Gasteiger partial charge in [-0.3, -0.25) is 9.59 Å². The summed E-state index contributed by atoms with van der Waals surface area (Å²) in [6, 6.07) is 12.1. The largest absolute Gasteiger partial charge is 0.497 e. The van der Waals surface area contributed by atoms with Gasteiger partial charge in [-0.2, -0.15) is 4.99 Å². The Morgan fingerprint density at radius 1 is 1.06 bits per heavy atom. The highest BCUT2D eigenvalue weighted by Gasteiger charge is 2.15. The summed E-state index contributed by atoms with van der Waals surface area (Å²) >= 11 is 1.21. The fourth-order valence-electron chi connectivity index (χ4n) is 2.96. The number of rotatable bonds is 7. The number of ether oxygens (including phenoxy) is 3. The first-order valence-electron chi connectivity index (χ1n) is 9.53. The molecule has 0 fully saturated rings. The van der Waals surface area contributed by atoms with Crippen molar-refractivity contribution in [3.05, 3.63) is 58.4 Å². The van der Waals surface area contributed by atoms with E-state index in [2.05, 4.69) is 4.99 Å². The molecule has 0 spiro atoms. The van der Waals surface area contributed by atoms with Gasteiger partial charge in [0.15, 0.2) is 4.80 Å². The van der Waals surface area contributed by atoms with Crippen LogP contribution in [0.2, 0.25) is 0 Å². The third kappa shape index (κ3) is 5.37. The van der Waals surface area contributed by atoms with E-state index in [1.807, 2.05) is 0 Å². The van der Waals surface area contributed by atoms with E-state index < -0.39 is 11.9 Å². The summed E-state index contributed by atoms with van der Waals surface area (Å²) < 4.78 is 17.3. The third-order valence-electron chi connectivity index (χ3n) is 4.43. The molecule has 2 aromatic carbocycles. The first-order chi connectivity index (χ1) is 14.9. The van der Waals surface area contributed by atoms with Crippen LogP contribution in [0, 0.1) is 0 Å². The van der Waals surface area contributed by atoms with Gasteiger partial charge in [0.2, 0.25) is 0 Å². The van der Waals surface area contributed by atoms with E-state index >= 15 is 0 Å². The minimum absolute atomic E-state index is 0.0972. The number of hydrogen-bond donors (Lipinski definition) is 0. The Bertz CT molecular complexity index is 1180. The fourth-order valence-corrected chi connectivity index (χ4v) is 4.04. The van der Waals surface area contributed by atoms with Gasteiger partial charge in [0, 0.05) is 0 Å². The van der Waals surface area contributed by atoms with E-state index in [-0.39, 0.29) is 25.5 Å². The standard InChI is InChI=1S/C22H22N2O6S/c1-4-30-20(26)13-24-17-10-7-15(21(27)29-3)12-18(17)31-22(24)23-19(25)11-14-5-8-16(28-2)9-6-14/h5-10,12H,4,11,13H2,1-3H3. The van der Waals surface area contributed by atoms with Gasteiger partial charge >= 0.3 is 11.9 Å². The molecule has 0 radical (unpaired) electrons. The molecular formula is C22H22N2O6S. The van der Waals surface area contributed by atoms with E-state index in [0.29, 0.717) is 26.3 Å². The van der Waals surface area contributed by atoms with Crippen molar-refractivity contribution in [1.82, 2.24) is 4.57 Å². The molecule has 1 heterocycles. The van der Waals surface area contributed by atoms with Gasteiger partial charge in [-0.1, -0.05) is 23.5 Å². The molecule has 1 aromatic heterocycles. The van der Waals surface area contributed by atoms with Crippen LogP contribution < -0.4 is 9.54 Å². The van der Waals surface area contributed by atoms with Gasteiger partial charge in [0.1, 0.15) is 12.3 Å². The van der Waals surface area contributed by atoms with Crippen LogP contribution in [-0.4, -0.2) is 43.2 Å². The highest BCUT2D eigenvalue weighted by atomic mass is 32.1. The second kappa shape index (κ2) is 10.0. The molecule has 0 aliphatic carbocycles. The predicted octanol–water partition coefficient (Wildman–Crippen LogP) is 2.73. The number of benzene rings is 2. The van der Waals surface area contributed by atoms with Crippen LogP contribution in [0.3, 0.4) is 0 Å². The van der Waals surface area contributed by atoms with Crippen molar-refractivity contribution in [3.8, 4) is 5.75 Å². The maximum Gasteiger partial charge on any atom is 0.337 e. The smallest absolute Gasteiger partial charge is 0.337 e. The topological polar surface area (TPSA) is 96.2 Å². The lowest BCUT2D eigenvalue weighted by atomic mass is 10.1. The number of carbonyl (C=O) groups excluding carboxylic acids is 3. The molecule has 0 atom stereocenters. The Labute approximate surface area is 182 Å². The third-order valence-corrected chi connectivity index (χ3v) is 5.47. The minimum Gasteiger partial charge on any atom is -0.497 e. The summed E-state index contributed by atoms with van der Waals surface area (Å²) in [5, 5.41) is 0. The lowest BCUT2D eigenvalue weighted by Crippen LogP contribution is -2.23.